The Morgan fingerprint density at radius 2 is 1.77 bits per heavy atom. The van der Waals surface area contributed by atoms with Gasteiger partial charge in [-0.15, -0.1) is 0 Å². The van der Waals surface area contributed by atoms with Crippen molar-refractivity contribution < 1.29 is 9.59 Å². The van der Waals surface area contributed by atoms with Crippen molar-refractivity contribution in [3.8, 4) is 0 Å². The number of hydrogen-bond donors (Lipinski definition) is 2. The number of thioether (sulfide) groups is 1. The zero-order valence-electron chi connectivity index (χ0n) is 14.7. The van der Waals surface area contributed by atoms with Crippen molar-refractivity contribution in [3.63, 3.8) is 0 Å². The van der Waals surface area contributed by atoms with E-state index in [1.165, 1.54) is 0 Å². The van der Waals surface area contributed by atoms with Crippen molar-refractivity contribution in [2.45, 2.75) is 18.9 Å². The van der Waals surface area contributed by atoms with Crippen LogP contribution in [-0.2, 0) is 11.2 Å². The van der Waals surface area contributed by atoms with Crippen LogP contribution in [0.3, 0.4) is 0 Å². The molecule has 0 bridgehead atoms. The van der Waals surface area contributed by atoms with Crippen LogP contribution < -0.4 is 10.6 Å². The summed E-state index contributed by atoms with van der Waals surface area (Å²) in [6, 6.07) is 15.9. The molecule has 0 spiro atoms. The van der Waals surface area contributed by atoms with Gasteiger partial charge in [0.25, 0.3) is 5.91 Å². The van der Waals surface area contributed by atoms with Gasteiger partial charge in [0.2, 0.25) is 5.91 Å². The minimum Gasteiger partial charge on any atom is -0.354 e. The van der Waals surface area contributed by atoms with Gasteiger partial charge in [0, 0.05) is 17.1 Å². The highest BCUT2D eigenvalue weighted by Crippen LogP contribution is 2.10. The topological polar surface area (TPSA) is 58.2 Å². The highest BCUT2D eigenvalue weighted by molar-refractivity contribution is 7.98. The van der Waals surface area contributed by atoms with E-state index in [-0.39, 0.29) is 11.8 Å². The number of benzene rings is 2. The van der Waals surface area contributed by atoms with Gasteiger partial charge in [-0.3, -0.25) is 9.59 Å². The summed E-state index contributed by atoms with van der Waals surface area (Å²) < 4.78 is 0. The van der Waals surface area contributed by atoms with Crippen LogP contribution in [0.15, 0.2) is 54.6 Å². The lowest BCUT2D eigenvalue weighted by Gasteiger charge is -2.18. The van der Waals surface area contributed by atoms with Crippen LogP contribution in [0, 0.1) is 0 Å². The van der Waals surface area contributed by atoms with Crippen LogP contribution >= 0.6 is 23.4 Å². The number of nitrogens with one attached hydrogen (secondary N) is 2. The number of carbonyl (C=O) groups excluding carboxylic acids is 2. The van der Waals surface area contributed by atoms with Crippen molar-refractivity contribution in [2.75, 3.05) is 18.6 Å². The predicted molar refractivity (Wildman–Crippen MR) is 109 cm³/mol. The molecule has 1 atom stereocenters. The van der Waals surface area contributed by atoms with E-state index in [2.05, 4.69) is 10.6 Å². The molecule has 0 aliphatic rings. The van der Waals surface area contributed by atoms with Crippen molar-refractivity contribution in [1.29, 1.82) is 0 Å². The van der Waals surface area contributed by atoms with Crippen molar-refractivity contribution in [3.05, 3.63) is 70.7 Å². The first-order valence-electron chi connectivity index (χ1n) is 8.47. The van der Waals surface area contributed by atoms with Gasteiger partial charge >= 0.3 is 0 Å². The number of amides is 2. The fourth-order valence-corrected chi connectivity index (χ4v) is 3.04. The minimum atomic E-state index is -0.541. The fraction of sp³-hybridized carbons (Fsp3) is 0.300. The lowest BCUT2D eigenvalue weighted by molar-refractivity contribution is -0.122. The molecule has 0 heterocycles. The summed E-state index contributed by atoms with van der Waals surface area (Å²) in [6.07, 6.45) is 3.28. The first-order chi connectivity index (χ1) is 12.6. The van der Waals surface area contributed by atoms with Gasteiger partial charge in [-0.2, -0.15) is 11.8 Å². The molecular formula is C20H23ClN2O2S. The fourth-order valence-electron chi connectivity index (χ4n) is 2.44. The summed E-state index contributed by atoms with van der Waals surface area (Å²) >= 11 is 7.52. The molecule has 0 fully saturated rings. The molecule has 138 valence electrons. The standard InChI is InChI=1S/C20H23ClN2O2S/c1-26-14-12-18(23-19(24)16-5-3-2-4-6-16)20(25)22-13-11-15-7-9-17(21)10-8-15/h2-10,18H,11-14H2,1H3,(H,22,25)(H,23,24)/t18-/m1/s1. The Labute approximate surface area is 163 Å². The first kappa shape index (κ1) is 20.3. The molecule has 26 heavy (non-hydrogen) atoms. The molecule has 2 aromatic carbocycles. The van der Waals surface area contributed by atoms with E-state index >= 15 is 0 Å². The molecular weight excluding hydrogens is 368 g/mol. The Bertz CT molecular complexity index is 708. The van der Waals surface area contributed by atoms with Gasteiger partial charge in [0.05, 0.1) is 0 Å². The normalized spacial score (nSPS) is 11.6. The second kappa shape index (κ2) is 10.9. The Hall–Kier alpha value is -1.98. The zero-order chi connectivity index (χ0) is 18.8. The molecule has 0 aromatic heterocycles. The monoisotopic (exact) mass is 390 g/mol. The van der Waals surface area contributed by atoms with Crippen LogP contribution in [0.5, 0.6) is 0 Å². The van der Waals surface area contributed by atoms with Gasteiger partial charge in [-0.25, -0.2) is 0 Å². The third-order valence-electron chi connectivity index (χ3n) is 3.89. The van der Waals surface area contributed by atoms with E-state index in [4.69, 9.17) is 11.6 Å². The summed E-state index contributed by atoms with van der Waals surface area (Å²) in [5.41, 5.74) is 1.65. The maximum absolute atomic E-state index is 12.5. The summed E-state index contributed by atoms with van der Waals surface area (Å²) in [5, 5.41) is 6.45. The predicted octanol–water partition coefficient (Wildman–Crippen LogP) is 3.55. The molecule has 0 radical (unpaired) electrons. The van der Waals surface area contributed by atoms with Crippen LogP contribution in [0.1, 0.15) is 22.3 Å². The molecule has 2 amide bonds. The molecule has 0 saturated heterocycles. The van der Waals surface area contributed by atoms with E-state index in [9.17, 15) is 9.59 Å². The summed E-state index contributed by atoms with van der Waals surface area (Å²) in [4.78, 5) is 24.8. The Morgan fingerprint density at radius 3 is 2.42 bits per heavy atom. The highest BCUT2D eigenvalue weighted by Gasteiger charge is 2.20. The van der Waals surface area contributed by atoms with Gasteiger partial charge < -0.3 is 10.6 Å². The second-order valence-electron chi connectivity index (χ2n) is 5.84. The molecule has 6 heteroatoms. The number of rotatable bonds is 9. The molecule has 0 unspecified atom stereocenters. The van der Waals surface area contributed by atoms with Gasteiger partial charge in [-0.05, 0) is 54.7 Å². The molecule has 2 N–H and O–H groups in total. The molecule has 0 saturated carbocycles. The molecule has 2 rings (SSSR count). The van der Waals surface area contributed by atoms with Crippen LogP contribution in [0.25, 0.3) is 0 Å². The van der Waals surface area contributed by atoms with Crippen LogP contribution in [0.4, 0.5) is 0 Å². The van der Waals surface area contributed by atoms with E-state index < -0.39 is 6.04 Å². The third kappa shape index (κ3) is 6.73. The van der Waals surface area contributed by atoms with E-state index in [1.807, 2.05) is 36.6 Å². The largest absolute Gasteiger partial charge is 0.354 e. The van der Waals surface area contributed by atoms with E-state index in [1.54, 1.807) is 36.0 Å². The SMILES string of the molecule is CSCC[C@@H](NC(=O)c1ccccc1)C(=O)NCCc1ccc(Cl)cc1. The molecule has 0 aliphatic carbocycles. The van der Waals surface area contributed by atoms with Gasteiger partial charge in [0.1, 0.15) is 6.04 Å². The minimum absolute atomic E-state index is 0.155. The smallest absolute Gasteiger partial charge is 0.251 e. The zero-order valence-corrected chi connectivity index (χ0v) is 16.3. The summed E-state index contributed by atoms with van der Waals surface area (Å²) in [7, 11) is 0. The number of carbonyl (C=O) groups is 2. The second-order valence-corrected chi connectivity index (χ2v) is 7.26. The maximum Gasteiger partial charge on any atom is 0.251 e. The van der Waals surface area contributed by atoms with Crippen molar-refractivity contribution in [1.82, 2.24) is 10.6 Å². The molecule has 2 aromatic rings. The first-order valence-corrected chi connectivity index (χ1v) is 10.2. The average Bonchev–Trinajstić information content (AvgIpc) is 2.67. The lowest BCUT2D eigenvalue weighted by atomic mass is 10.1. The Kier molecular flexibility index (Phi) is 8.51. The van der Waals surface area contributed by atoms with E-state index in [0.29, 0.717) is 30.0 Å². The third-order valence-corrected chi connectivity index (χ3v) is 4.79. The summed E-state index contributed by atoms with van der Waals surface area (Å²) in [5.74, 6) is 0.409. The maximum atomic E-state index is 12.5. The van der Waals surface area contributed by atoms with E-state index in [0.717, 1.165) is 11.3 Å². The quantitative estimate of drug-likeness (QED) is 0.688. The number of halogens is 1. The van der Waals surface area contributed by atoms with Crippen molar-refractivity contribution in [2.24, 2.45) is 0 Å². The molecule has 0 aliphatic heterocycles. The highest BCUT2D eigenvalue weighted by atomic mass is 35.5. The lowest BCUT2D eigenvalue weighted by Crippen LogP contribution is -2.47. The van der Waals surface area contributed by atoms with Gasteiger partial charge in [0.15, 0.2) is 0 Å². The van der Waals surface area contributed by atoms with Crippen LogP contribution in [0.2, 0.25) is 5.02 Å². The van der Waals surface area contributed by atoms with Crippen molar-refractivity contribution >= 4 is 35.2 Å². The average molecular weight is 391 g/mol. The van der Waals surface area contributed by atoms with Gasteiger partial charge in [-0.1, -0.05) is 41.9 Å². The molecule has 4 nitrogen and oxygen atoms in total. The summed E-state index contributed by atoms with van der Waals surface area (Å²) in [6.45, 7) is 0.511. The Morgan fingerprint density at radius 1 is 1.08 bits per heavy atom. The van der Waals surface area contributed by atoms with Crippen LogP contribution in [-0.4, -0.2) is 36.4 Å². The Balaban J connectivity index is 1.89. The number of hydrogen-bond acceptors (Lipinski definition) is 3.